The van der Waals surface area contributed by atoms with Crippen molar-refractivity contribution in [2.45, 2.75) is 97.8 Å². The summed E-state index contributed by atoms with van der Waals surface area (Å²) in [6.07, 6.45) is 16.6. The Morgan fingerprint density at radius 1 is 0.500 bits per heavy atom. The molecule has 0 aromatic heterocycles. The molecule has 0 rings (SSSR count). The Kier molecular flexibility index (Phi) is 25.0. The second-order valence-corrected chi connectivity index (χ2v) is 5.17. The Balaban J connectivity index is 0. The van der Waals surface area contributed by atoms with Gasteiger partial charge in [0.15, 0.2) is 0 Å². The maximum Gasteiger partial charge on any atom is 0.0462 e. The lowest BCUT2D eigenvalue weighted by Gasteiger charge is -1.98. The topological polar surface area (TPSA) is 9.23 Å². The summed E-state index contributed by atoms with van der Waals surface area (Å²) in [5.41, 5.74) is 0. The predicted molar refractivity (Wildman–Crippen MR) is 84.3 cm³/mol. The van der Waals surface area contributed by atoms with Crippen LogP contribution in [0.5, 0.6) is 0 Å². The number of ether oxygens (including phenoxy) is 1. The zero-order chi connectivity index (χ0) is 13.9. The normalized spacial score (nSPS) is 10.0. The largest absolute Gasteiger partial charge is 0.385 e. The van der Waals surface area contributed by atoms with E-state index < -0.39 is 0 Å². The van der Waals surface area contributed by atoms with E-state index in [1.54, 1.807) is 7.11 Å². The maximum atomic E-state index is 4.95. The number of hydrogen-bond donors (Lipinski definition) is 0. The molecule has 0 aliphatic carbocycles. The van der Waals surface area contributed by atoms with Gasteiger partial charge in [-0.1, -0.05) is 91.4 Å². The Morgan fingerprint density at radius 2 is 0.833 bits per heavy atom. The molecule has 0 saturated heterocycles. The van der Waals surface area contributed by atoms with Crippen molar-refractivity contribution in [3.8, 4) is 0 Å². The SMILES string of the molecule is CCCCCCCC.CCCCCCCCOC. The quantitative estimate of drug-likeness (QED) is 0.370. The molecule has 0 bridgehead atoms. The van der Waals surface area contributed by atoms with Crippen molar-refractivity contribution in [1.29, 1.82) is 0 Å². The third-order valence-electron chi connectivity index (χ3n) is 3.16. The number of rotatable bonds is 12. The van der Waals surface area contributed by atoms with Gasteiger partial charge in [0.2, 0.25) is 0 Å². The van der Waals surface area contributed by atoms with Crippen LogP contribution in [-0.2, 0) is 4.74 Å². The fourth-order valence-corrected chi connectivity index (χ4v) is 1.88. The molecule has 0 radical (unpaired) electrons. The minimum atomic E-state index is 0.937. The number of methoxy groups -OCH3 is 1. The minimum absolute atomic E-state index is 0.937. The highest BCUT2D eigenvalue weighted by Gasteiger charge is 1.87. The van der Waals surface area contributed by atoms with Gasteiger partial charge in [-0.15, -0.1) is 0 Å². The molecule has 0 unspecified atom stereocenters. The van der Waals surface area contributed by atoms with Crippen LogP contribution in [-0.4, -0.2) is 13.7 Å². The summed E-state index contributed by atoms with van der Waals surface area (Å²) in [5.74, 6) is 0. The lowest BCUT2D eigenvalue weighted by Crippen LogP contribution is -1.87. The lowest BCUT2D eigenvalue weighted by atomic mass is 10.1. The Morgan fingerprint density at radius 3 is 1.17 bits per heavy atom. The molecule has 0 amide bonds. The van der Waals surface area contributed by atoms with Gasteiger partial charge in [0, 0.05) is 13.7 Å². The first kappa shape index (κ1) is 20.3. The summed E-state index contributed by atoms with van der Waals surface area (Å²) in [4.78, 5) is 0. The number of unbranched alkanes of at least 4 members (excludes halogenated alkanes) is 10. The summed E-state index contributed by atoms with van der Waals surface area (Å²) >= 11 is 0. The third-order valence-corrected chi connectivity index (χ3v) is 3.16. The highest BCUT2D eigenvalue weighted by Crippen LogP contribution is 2.04. The molecule has 0 aromatic rings. The number of hydrogen-bond acceptors (Lipinski definition) is 1. The van der Waals surface area contributed by atoms with Crippen LogP contribution in [0.3, 0.4) is 0 Å². The van der Waals surface area contributed by atoms with Crippen molar-refractivity contribution in [3.63, 3.8) is 0 Å². The van der Waals surface area contributed by atoms with Gasteiger partial charge in [0.1, 0.15) is 0 Å². The van der Waals surface area contributed by atoms with Crippen molar-refractivity contribution >= 4 is 0 Å². The zero-order valence-corrected chi connectivity index (χ0v) is 13.6. The molecular formula is C17H38O. The first-order valence-corrected chi connectivity index (χ1v) is 8.32. The van der Waals surface area contributed by atoms with Crippen molar-refractivity contribution in [3.05, 3.63) is 0 Å². The predicted octanol–water partition coefficient (Wildman–Crippen LogP) is 6.36. The second kappa shape index (κ2) is 22.2. The Labute approximate surface area is 117 Å². The molecule has 0 aliphatic rings. The molecule has 1 heteroatoms. The van der Waals surface area contributed by atoms with E-state index in [1.165, 1.54) is 77.0 Å². The lowest BCUT2D eigenvalue weighted by molar-refractivity contribution is 0.192. The van der Waals surface area contributed by atoms with Crippen LogP contribution < -0.4 is 0 Å². The van der Waals surface area contributed by atoms with Crippen LogP contribution in [0.15, 0.2) is 0 Å². The van der Waals surface area contributed by atoms with E-state index >= 15 is 0 Å². The summed E-state index contributed by atoms with van der Waals surface area (Å²) in [6, 6.07) is 0. The van der Waals surface area contributed by atoms with E-state index in [0.717, 1.165) is 6.61 Å². The van der Waals surface area contributed by atoms with E-state index in [1.807, 2.05) is 0 Å². The van der Waals surface area contributed by atoms with Crippen LogP contribution in [0.2, 0.25) is 0 Å². The van der Waals surface area contributed by atoms with Gasteiger partial charge in [-0.3, -0.25) is 0 Å². The van der Waals surface area contributed by atoms with E-state index in [9.17, 15) is 0 Å². The Hall–Kier alpha value is -0.0400. The highest BCUT2D eigenvalue weighted by atomic mass is 16.5. The van der Waals surface area contributed by atoms with Crippen molar-refractivity contribution in [2.24, 2.45) is 0 Å². The molecule has 0 aromatic carbocycles. The van der Waals surface area contributed by atoms with E-state index in [-0.39, 0.29) is 0 Å². The molecule has 0 aliphatic heterocycles. The van der Waals surface area contributed by atoms with Crippen LogP contribution >= 0.6 is 0 Å². The Bertz CT molecular complexity index is 98.2. The van der Waals surface area contributed by atoms with E-state index in [0.29, 0.717) is 0 Å². The fourth-order valence-electron chi connectivity index (χ4n) is 1.88. The van der Waals surface area contributed by atoms with Crippen molar-refractivity contribution in [2.75, 3.05) is 13.7 Å². The average Bonchev–Trinajstić information content (AvgIpc) is 2.40. The van der Waals surface area contributed by atoms with Crippen LogP contribution in [0.25, 0.3) is 0 Å². The highest BCUT2D eigenvalue weighted by molar-refractivity contribution is 4.42. The molecule has 0 spiro atoms. The molecule has 0 atom stereocenters. The minimum Gasteiger partial charge on any atom is -0.385 e. The molecule has 0 fully saturated rings. The van der Waals surface area contributed by atoms with Gasteiger partial charge >= 0.3 is 0 Å². The maximum absolute atomic E-state index is 4.95. The van der Waals surface area contributed by atoms with Gasteiger partial charge in [-0.05, 0) is 6.42 Å². The molecule has 112 valence electrons. The molecule has 0 N–H and O–H groups in total. The molecule has 0 saturated carbocycles. The monoisotopic (exact) mass is 258 g/mol. The van der Waals surface area contributed by atoms with Gasteiger partial charge in [-0.2, -0.15) is 0 Å². The summed E-state index contributed by atoms with van der Waals surface area (Å²) < 4.78 is 4.95. The van der Waals surface area contributed by atoms with Crippen LogP contribution in [0.1, 0.15) is 97.8 Å². The van der Waals surface area contributed by atoms with Gasteiger partial charge < -0.3 is 4.74 Å². The summed E-state index contributed by atoms with van der Waals surface area (Å²) in [7, 11) is 1.77. The van der Waals surface area contributed by atoms with E-state index in [2.05, 4.69) is 20.8 Å². The first-order valence-electron chi connectivity index (χ1n) is 8.32. The molecule has 18 heavy (non-hydrogen) atoms. The van der Waals surface area contributed by atoms with Gasteiger partial charge in [0.25, 0.3) is 0 Å². The summed E-state index contributed by atoms with van der Waals surface area (Å²) in [6.45, 7) is 7.69. The summed E-state index contributed by atoms with van der Waals surface area (Å²) in [5, 5.41) is 0. The smallest absolute Gasteiger partial charge is 0.0462 e. The molecule has 1 nitrogen and oxygen atoms in total. The third kappa shape index (κ3) is 25.0. The van der Waals surface area contributed by atoms with E-state index in [4.69, 9.17) is 4.74 Å². The van der Waals surface area contributed by atoms with Crippen molar-refractivity contribution < 1.29 is 4.74 Å². The molecular weight excluding hydrogens is 220 g/mol. The molecule has 0 heterocycles. The van der Waals surface area contributed by atoms with Crippen LogP contribution in [0.4, 0.5) is 0 Å². The van der Waals surface area contributed by atoms with Crippen LogP contribution in [0, 0.1) is 0 Å². The average molecular weight is 258 g/mol. The standard InChI is InChI=1S/C9H20O.C8H18/c1-3-4-5-6-7-8-9-10-2;1-3-5-7-8-6-4-2/h3-9H2,1-2H3;3-8H2,1-2H3. The van der Waals surface area contributed by atoms with Gasteiger partial charge in [-0.25, -0.2) is 0 Å². The fraction of sp³-hybridized carbons (Fsp3) is 1.00. The van der Waals surface area contributed by atoms with Gasteiger partial charge in [0.05, 0.1) is 0 Å². The second-order valence-electron chi connectivity index (χ2n) is 5.17. The zero-order valence-electron chi connectivity index (χ0n) is 13.6. The van der Waals surface area contributed by atoms with Crippen molar-refractivity contribution in [1.82, 2.24) is 0 Å². The first-order chi connectivity index (χ1) is 8.83.